The van der Waals surface area contributed by atoms with E-state index in [9.17, 15) is 0 Å². The summed E-state index contributed by atoms with van der Waals surface area (Å²) in [5.74, 6) is 0. The van der Waals surface area contributed by atoms with Crippen LogP contribution in [0.3, 0.4) is 0 Å². The van der Waals surface area contributed by atoms with Gasteiger partial charge in [0.15, 0.2) is 0 Å². The Bertz CT molecular complexity index is 620. The zero-order chi connectivity index (χ0) is 12.5. The number of hydrogen-bond donors (Lipinski definition) is 0. The average molecular weight is 239 g/mol. The molecule has 0 amide bonds. The lowest BCUT2D eigenvalue weighted by molar-refractivity contribution is 0.106. The summed E-state index contributed by atoms with van der Waals surface area (Å²) in [6.07, 6.45) is 0.928. The molecule has 1 aliphatic rings. The predicted molar refractivity (Wildman–Crippen MR) is 66.4 cm³/mol. The number of ether oxygens (including phenoxy) is 1. The highest BCUT2D eigenvalue weighted by Gasteiger charge is 2.19. The third-order valence-electron chi connectivity index (χ3n) is 3.27. The van der Waals surface area contributed by atoms with E-state index in [2.05, 4.69) is 11.2 Å². The second-order valence-corrected chi connectivity index (χ2v) is 4.38. The van der Waals surface area contributed by atoms with Gasteiger partial charge in [0.2, 0.25) is 0 Å². The number of aromatic nitrogens is 2. The molecule has 0 saturated carbocycles. The molecule has 0 N–H and O–H groups in total. The lowest BCUT2D eigenvalue weighted by Crippen LogP contribution is -2.12. The summed E-state index contributed by atoms with van der Waals surface area (Å²) in [7, 11) is 0. The van der Waals surface area contributed by atoms with Gasteiger partial charge >= 0.3 is 0 Å². The Labute approximate surface area is 105 Å². The van der Waals surface area contributed by atoms with E-state index in [1.54, 1.807) is 0 Å². The largest absolute Gasteiger partial charge is 0.375 e. The SMILES string of the molecule is Cc1nn(-c2ccc(C#N)cc2)c2c1CCOC2. The van der Waals surface area contributed by atoms with Crippen LogP contribution in [0.5, 0.6) is 0 Å². The molecule has 1 aliphatic heterocycles. The van der Waals surface area contributed by atoms with Gasteiger partial charge in [0.25, 0.3) is 0 Å². The molecule has 4 nitrogen and oxygen atoms in total. The van der Waals surface area contributed by atoms with E-state index in [0.717, 1.165) is 30.1 Å². The first-order chi connectivity index (χ1) is 8.79. The van der Waals surface area contributed by atoms with Crippen molar-refractivity contribution in [2.75, 3.05) is 6.61 Å². The second-order valence-electron chi connectivity index (χ2n) is 4.38. The van der Waals surface area contributed by atoms with Crippen LogP contribution in [-0.2, 0) is 17.8 Å². The van der Waals surface area contributed by atoms with Gasteiger partial charge in [-0.25, -0.2) is 4.68 Å². The molecule has 90 valence electrons. The number of benzene rings is 1. The fourth-order valence-corrected chi connectivity index (χ4v) is 2.31. The van der Waals surface area contributed by atoms with E-state index in [-0.39, 0.29) is 0 Å². The van der Waals surface area contributed by atoms with Crippen molar-refractivity contribution < 1.29 is 4.74 Å². The summed E-state index contributed by atoms with van der Waals surface area (Å²) in [6.45, 7) is 3.41. The molecule has 1 aromatic carbocycles. The number of nitrogens with zero attached hydrogens (tertiary/aromatic N) is 3. The molecule has 1 aromatic heterocycles. The number of rotatable bonds is 1. The Morgan fingerprint density at radius 1 is 1.33 bits per heavy atom. The van der Waals surface area contributed by atoms with E-state index in [1.807, 2.05) is 35.9 Å². The number of fused-ring (bicyclic) bond motifs is 1. The van der Waals surface area contributed by atoms with E-state index < -0.39 is 0 Å². The molecule has 0 spiro atoms. The minimum absolute atomic E-state index is 0.607. The van der Waals surface area contributed by atoms with Crippen LogP contribution in [0.2, 0.25) is 0 Å². The molecule has 18 heavy (non-hydrogen) atoms. The van der Waals surface area contributed by atoms with E-state index in [0.29, 0.717) is 12.2 Å². The van der Waals surface area contributed by atoms with Crippen LogP contribution in [0.15, 0.2) is 24.3 Å². The molecule has 0 radical (unpaired) electrons. The molecule has 0 bridgehead atoms. The molecular weight excluding hydrogens is 226 g/mol. The fourth-order valence-electron chi connectivity index (χ4n) is 2.31. The van der Waals surface area contributed by atoms with Crippen molar-refractivity contribution >= 4 is 0 Å². The van der Waals surface area contributed by atoms with Crippen molar-refractivity contribution in [1.82, 2.24) is 9.78 Å². The van der Waals surface area contributed by atoms with Gasteiger partial charge in [0.1, 0.15) is 0 Å². The zero-order valence-electron chi connectivity index (χ0n) is 10.2. The number of hydrogen-bond acceptors (Lipinski definition) is 3. The normalized spacial score (nSPS) is 14.0. The van der Waals surface area contributed by atoms with Crippen LogP contribution >= 0.6 is 0 Å². The van der Waals surface area contributed by atoms with Gasteiger partial charge < -0.3 is 4.74 Å². The van der Waals surface area contributed by atoms with Crippen molar-refractivity contribution in [3.05, 3.63) is 46.8 Å². The maximum Gasteiger partial charge on any atom is 0.0991 e. The van der Waals surface area contributed by atoms with Crippen molar-refractivity contribution in [2.45, 2.75) is 20.0 Å². The summed E-state index contributed by atoms with van der Waals surface area (Å²) in [5, 5.41) is 13.4. The Hall–Kier alpha value is -2.12. The monoisotopic (exact) mass is 239 g/mol. The third-order valence-corrected chi connectivity index (χ3v) is 3.27. The fraction of sp³-hybridized carbons (Fsp3) is 0.286. The minimum atomic E-state index is 0.607. The van der Waals surface area contributed by atoms with Gasteiger partial charge in [0.05, 0.1) is 41.9 Å². The van der Waals surface area contributed by atoms with Crippen molar-refractivity contribution in [2.24, 2.45) is 0 Å². The highest BCUT2D eigenvalue weighted by molar-refractivity contribution is 5.42. The molecule has 4 heteroatoms. The molecule has 0 unspecified atom stereocenters. The highest BCUT2D eigenvalue weighted by Crippen LogP contribution is 2.23. The smallest absolute Gasteiger partial charge is 0.0991 e. The molecule has 2 heterocycles. The quantitative estimate of drug-likeness (QED) is 0.766. The number of aryl methyl sites for hydroxylation is 1. The Kier molecular flexibility index (Phi) is 2.62. The lowest BCUT2D eigenvalue weighted by Gasteiger charge is -2.14. The van der Waals surface area contributed by atoms with Gasteiger partial charge in [-0.2, -0.15) is 10.4 Å². The molecule has 0 aliphatic carbocycles. The number of nitriles is 1. The van der Waals surface area contributed by atoms with Gasteiger partial charge in [-0.05, 0) is 37.6 Å². The maximum absolute atomic E-state index is 8.80. The molecule has 3 rings (SSSR count). The molecule has 0 atom stereocenters. The first-order valence-electron chi connectivity index (χ1n) is 5.95. The van der Waals surface area contributed by atoms with Gasteiger partial charge in [0, 0.05) is 5.56 Å². The Balaban J connectivity index is 2.08. The van der Waals surface area contributed by atoms with Crippen molar-refractivity contribution in [3.8, 4) is 11.8 Å². The van der Waals surface area contributed by atoms with E-state index in [4.69, 9.17) is 10.00 Å². The summed E-state index contributed by atoms with van der Waals surface area (Å²) in [5.41, 5.74) is 5.13. The minimum Gasteiger partial charge on any atom is -0.375 e. The van der Waals surface area contributed by atoms with Crippen LogP contribution in [0.25, 0.3) is 5.69 Å². The van der Waals surface area contributed by atoms with E-state index >= 15 is 0 Å². The first-order valence-corrected chi connectivity index (χ1v) is 5.95. The van der Waals surface area contributed by atoms with Crippen molar-refractivity contribution in [1.29, 1.82) is 5.26 Å². The van der Waals surface area contributed by atoms with Gasteiger partial charge in [-0.1, -0.05) is 0 Å². The van der Waals surface area contributed by atoms with Crippen LogP contribution < -0.4 is 0 Å². The Morgan fingerprint density at radius 2 is 2.11 bits per heavy atom. The first kappa shape index (κ1) is 11.0. The van der Waals surface area contributed by atoms with Gasteiger partial charge in [-0.15, -0.1) is 0 Å². The molecular formula is C14H13N3O. The maximum atomic E-state index is 8.80. The summed E-state index contributed by atoms with van der Waals surface area (Å²) in [6, 6.07) is 9.57. The molecule has 0 saturated heterocycles. The zero-order valence-corrected chi connectivity index (χ0v) is 10.2. The standard InChI is InChI=1S/C14H13N3O/c1-10-13-6-7-18-9-14(13)17(16-10)12-4-2-11(8-15)3-5-12/h2-5H,6-7,9H2,1H3. The molecule has 2 aromatic rings. The molecule has 0 fully saturated rings. The van der Waals surface area contributed by atoms with Crippen LogP contribution in [0, 0.1) is 18.3 Å². The summed E-state index contributed by atoms with van der Waals surface area (Å²) < 4.78 is 7.42. The van der Waals surface area contributed by atoms with E-state index in [1.165, 1.54) is 5.56 Å². The second kappa shape index (κ2) is 4.28. The highest BCUT2D eigenvalue weighted by atomic mass is 16.5. The Morgan fingerprint density at radius 3 is 2.83 bits per heavy atom. The third kappa shape index (κ3) is 1.69. The van der Waals surface area contributed by atoms with Crippen LogP contribution in [0.4, 0.5) is 0 Å². The van der Waals surface area contributed by atoms with Crippen LogP contribution in [0.1, 0.15) is 22.5 Å². The lowest BCUT2D eigenvalue weighted by atomic mass is 10.1. The van der Waals surface area contributed by atoms with Gasteiger partial charge in [-0.3, -0.25) is 0 Å². The van der Waals surface area contributed by atoms with Crippen LogP contribution in [-0.4, -0.2) is 16.4 Å². The predicted octanol–water partition coefficient (Wildman–Crippen LogP) is 2.13. The summed E-state index contributed by atoms with van der Waals surface area (Å²) >= 11 is 0. The summed E-state index contributed by atoms with van der Waals surface area (Å²) in [4.78, 5) is 0. The topological polar surface area (TPSA) is 50.8 Å². The average Bonchev–Trinajstić information content (AvgIpc) is 2.77. The van der Waals surface area contributed by atoms with Crippen molar-refractivity contribution in [3.63, 3.8) is 0 Å².